The van der Waals surface area contributed by atoms with E-state index in [1.807, 2.05) is 5.43 Å². The summed E-state index contributed by atoms with van der Waals surface area (Å²) in [4.78, 5) is 21.0. The highest BCUT2D eigenvalue weighted by molar-refractivity contribution is 6.29. The standard InChI is InChI=1S/C6H7ClN4O2/c1-11-4(2-5(7)10-11)6(13)9-8-3-12/h2-3H,1H3,(H,8,12)(H,9,13). The first-order chi connectivity index (χ1) is 6.15. The molecule has 0 saturated carbocycles. The maximum atomic E-state index is 11.2. The van der Waals surface area contributed by atoms with Gasteiger partial charge in [-0.25, -0.2) is 0 Å². The van der Waals surface area contributed by atoms with Gasteiger partial charge in [-0.2, -0.15) is 5.10 Å². The fourth-order valence-electron chi connectivity index (χ4n) is 0.804. The van der Waals surface area contributed by atoms with Crippen LogP contribution in [0, 0.1) is 0 Å². The predicted molar refractivity (Wildman–Crippen MR) is 44.9 cm³/mol. The Morgan fingerprint density at radius 3 is 2.92 bits per heavy atom. The topological polar surface area (TPSA) is 76.0 Å². The highest BCUT2D eigenvalue weighted by atomic mass is 35.5. The molecule has 0 unspecified atom stereocenters. The van der Waals surface area contributed by atoms with Gasteiger partial charge in [0.2, 0.25) is 6.41 Å². The fraction of sp³-hybridized carbons (Fsp3) is 0.167. The van der Waals surface area contributed by atoms with Crippen molar-refractivity contribution in [1.29, 1.82) is 0 Å². The average molecular weight is 203 g/mol. The molecule has 0 aliphatic carbocycles. The third-order valence-electron chi connectivity index (χ3n) is 1.33. The van der Waals surface area contributed by atoms with Gasteiger partial charge in [0.15, 0.2) is 5.15 Å². The molecular formula is C6H7ClN4O2. The van der Waals surface area contributed by atoms with Crippen LogP contribution in [0.4, 0.5) is 0 Å². The van der Waals surface area contributed by atoms with Crippen LogP contribution in [0.5, 0.6) is 0 Å². The minimum atomic E-state index is -0.478. The van der Waals surface area contributed by atoms with Crippen molar-refractivity contribution in [2.75, 3.05) is 0 Å². The van der Waals surface area contributed by atoms with Crippen LogP contribution in [-0.4, -0.2) is 22.1 Å². The molecule has 0 aliphatic heterocycles. The normalized spacial score (nSPS) is 9.38. The molecule has 2 amide bonds. The third kappa shape index (κ3) is 2.19. The van der Waals surface area contributed by atoms with Gasteiger partial charge in [0.05, 0.1) is 0 Å². The predicted octanol–water partition coefficient (Wildman–Crippen LogP) is -0.536. The number of nitrogens with zero attached hydrogens (tertiary/aromatic N) is 2. The number of rotatable bonds is 3. The van der Waals surface area contributed by atoms with Gasteiger partial charge >= 0.3 is 0 Å². The minimum Gasteiger partial charge on any atom is -0.277 e. The molecule has 7 heteroatoms. The van der Waals surface area contributed by atoms with Gasteiger partial charge < -0.3 is 0 Å². The Bertz CT molecular complexity index is 335. The van der Waals surface area contributed by atoms with E-state index in [1.54, 1.807) is 7.05 Å². The molecule has 1 rings (SSSR count). The summed E-state index contributed by atoms with van der Waals surface area (Å²) < 4.78 is 1.31. The molecule has 13 heavy (non-hydrogen) atoms. The van der Waals surface area contributed by atoms with Crippen LogP contribution >= 0.6 is 11.6 Å². The van der Waals surface area contributed by atoms with Crippen molar-refractivity contribution in [3.05, 3.63) is 16.9 Å². The van der Waals surface area contributed by atoms with E-state index in [0.29, 0.717) is 6.41 Å². The number of hydrogen-bond donors (Lipinski definition) is 2. The number of hydrogen-bond acceptors (Lipinski definition) is 3. The van der Waals surface area contributed by atoms with E-state index in [2.05, 4.69) is 10.5 Å². The number of hydrazine groups is 1. The van der Waals surface area contributed by atoms with Crippen LogP contribution in [-0.2, 0) is 11.8 Å². The van der Waals surface area contributed by atoms with E-state index in [-0.39, 0.29) is 10.8 Å². The summed E-state index contributed by atoms with van der Waals surface area (Å²) in [5.74, 6) is -0.478. The molecule has 0 saturated heterocycles. The fourth-order valence-corrected chi connectivity index (χ4v) is 1.02. The summed E-state index contributed by atoms with van der Waals surface area (Å²) in [5.41, 5.74) is 4.41. The lowest BCUT2D eigenvalue weighted by atomic mass is 10.4. The molecule has 70 valence electrons. The quantitative estimate of drug-likeness (QED) is 0.511. The van der Waals surface area contributed by atoms with Crippen LogP contribution in [0.15, 0.2) is 6.07 Å². The number of carbonyl (C=O) groups is 2. The first kappa shape index (κ1) is 9.53. The van der Waals surface area contributed by atoms with Crippen LogP contribution in [0.25, 0.3) is 0 Å². The Labute approximate surface area is 78.8 Å². The molecular weight excluding hydrogens is 196 g/mol. The number of carbonyl (C=O) groups excluding carboxylic acids is 2. The lowest BCUT2D eigenvalue weighted by Gasteiger charge is -2.01. The summed E-state index contributed by atoms with van der Waals surface area (Å²) >= 11 is 5.54. The molecule has 6 nitrogen and oxygen atoms in total. The van der Waals surface area contributed by atoms with Gasteiger partial charge in [-0.15, -0.1) is 0 Å². The van der Waals surface area contributed by atoms with Crippen molar-refractivity contribution in [2.45, 2.75) is 0 Å². The molecule has 0 aliphatic rings. The van der Waals surface area contributed by atoms with E-state index in [9.17, 15) is 9.59 Å². The largest absolute Gasteiger partial charge is 0.287 e. The van der Waals surface area contributed by atoms with Gasteiger partial charge in [-0.3, -0.25) is 25.1 Å². The molecule has 0 radical (unpaired) electrons. The Kier molecular flexibility index (Phi) is 2.86. The second kappa shape index (κ2) is 3.90. The number of aryl methyl sites for hydroxylation is 1. The van der Waals surface area contributed by atoms with E-state index in [0.717, 1.165) is 0 Å². The zero-order valence-corrected chi connectivity index (χ0v) is 7.50. The van der Waals surface area contributed by atoms with Crippen molar-refractivity contribution in [3.8, 4) is 0 Å². The monoisotopic (exact) mass is 202 g/mol. The minimum absolute atomic E-state index is 0.221. The second-order valence-corrected chi connectivity index (χ2v) is 2.58. The molecule has 0 bridgehead atoms. The maximum absolute atomic E-state index is 11.2. The summed E-state index contributed by atoms with van der Waals surface area (Å²) in [6.45, 7) is 0. The highest BCUT2D eigenvalue weighted by Gasteiger charge is 2.11. The van der Waals surface area contributed by atoms with Crippen molar-refractivity contribution >= 4 is 23.9 Å². The number of amides is 2. The van der Waals surface area contributed by atoms with E-state index < -0.39 is 5.91 Å². The van der Waals surface area contributed by atoms with Crippen LogP contribution in [0.2, 0.25) is 5.15 Å². The molecule has 0 fully saturated rings. The van der Waals surface area contributed by atoms with Crippen molar-refractivity contribution in [3.63, 3.8) is 0 Å². The lowest BCUT2D eigenvalue weighted by molar-refractivity contribution is -0.110. The molecule has 2 N–H and O–H groups in total. The molecule has 0 atom stereocenters. The smallest absolute Gasteiger partial charge is 0.277 e. The Hall–Kier alpha value is -1.56. The lowest BCUT2D eigenvalue weighted by Crippen LogP contribution is -2.37. The first-order valence-corrected chi connectivity index (χ1v) is 3.72. The van der Waals surface area contributed by atoms with Crippen molar-refractivity contribution in [1.82, 2.24) is 20.6 Å². The zero-order valence-electron chi connectivity index (χ0n) is 6.74. The molecule has 1 aromatic rings. The summed E-state index contributed by atoms with van der Waals surface area (Å²) in [6, 6.07) is 1.39. The Balaban J connectivity index is 2.76. The van der Waals surface area contributed by atoms with Crippen molar-refractivity contribution in [2.24, 2.45) is 7.05 Å². The summed E-state index contributed by atoms with van der Waals surface area (Å²) in [6.07, 6.45) is 0.357. The second-order valence-electron chi connectivity index (χ2n) is 2.19. The van der Waals surface area contributed by atoms with Crippen molar-refractivity contribution < 1.29 is 9.59 Å². The van der Waals surface area contributed by atoms with Gasteiger partial charge in [0.1, 0.15) is 5.69 Å². The van der Waals surface area contributed by atoms with Gasteiger partial charge in [0.25, 0.3) is 5.91 Å². The molecule has 0 spiro atoms. The Morgan fingerprint density at radius 2 is 2.46 bits per heavy atom. The molecule has 1 heterocycles. The zero-order chi connectivity index (χ0) is 9.84. The van der Waals surface area contributed by atoms with Gasteiger partial charge in [-0.1, -0.05) is 11.6 Å². The van der Waals surface area contributed by atoms with Gasteiger partial charge in [0, 0.05) is 13.1 Å². The van der Waals surface area contributed by atoms with Crippen LogP contribution < -0.4 is 10.9 Å². The highest BCUT2D eigenvalue weighted by Crippen LogP contribution is 2.07. The third-order valence-corrected chi connectivity index (χ3v) is 1.51. The summed E-state index contributed by atoms with van der Waals surface area (Å²) in [7, 11) is 1.57. The SMILES string of the molecule is Cn1nc(Cl)cc1C(=O)NNC=O. The van der Waals surface area contributed by atoms with E-state index >= 15 is 0 Å². The number of halogens is 1. The average Bonchev–Trinajstić information content (AvgIpc) is 2.41. The number of aromatic nitrogens is 2. The molecule has 1 aromatic heterocycles. The van der Waals surface area contributed by atoms with E-state index in [1.165, 1.54) is 10.7 Å². The van der Waals surface area contributed by atoms with Crippen LogP contribution in [0.1, 0.15) is 10.5 Å². The van der Waals surface area contributed by atoms with Gasteiger partial charge in [-0.05, 0) is 0 Å². The summed E-state index contributed by atoms with van der Waals surface area (Å²) in [5, 5.41) is 3.97. The maximum Gasteiger partial charge on any atom is 0.287 e. The number of nitrogens with one attached hydrogen (secondary N) is 2. The molecule has 0 aromatic carbocycles. The first-order valence-electron chi connectivity index (χ1n) is 3.34. The van der Waals surface area contributed by atoms with Crippen LogP contribution in [0.3, 0.4) is 0 Å². The van der Waals surface area contributed by atoms with E-state index in [4.69, 9.17) is 11.6 Å². The Morgan fingerprint density at radius 1 is 1.77 bits per heavy atom.